The van der Waals surface area contributed by atoms with Crippen LogP contribution in [0.1, 0.15) is 17.4 Å². The molecule has 3 heterocycles. The summed E-state index contributed by atoms with van der Waals surface area (Å²) in [5.74, 6) is -0.964. The first kappa shape index (κ1) is 22.7. The molecule has 2 aromatic rings. The summed E-state index contributed by atoms with van der Waals surface area (Å²) in [6, 6.07) is 4.42. The number of ether oxygens (including phenoxy) is 1. The summed E-state index contributed by atoms with van der Waals surface area (Å²) < 4.78 is 48.9. The van der Waals surface area contributed by atoms with E-state index in [-0.39, 0.29) is 17.9 Å². The number of phosphoric ester groups is 1. The van der Waals surface area contributed by atoms with Crippen LogP contribution in [-0.4, -0.2) is 44.4 Å². The maximum Gasteiger partial charge on any atom is 0.530 e. The van der Waals surface area contributed by atoms with Gasteiger partial charge in [-0.25, -0.2) is 13.8 Å². The maximum atomic E-state index is 15.3. The van der Waals surface area contributed by atoms with Gasteiger partial charge in [0.15, 0.2) is 6.23 Å². The highest BCUT2D eigenvalue weighted by molar-refractivity contribution is 7.49. The minimum absolute atomic E-state index is 0.143. The molecule has 3 N–H and O–H groups in total. The molecule has 0 spiro atoms. The number of alkyl halides is 1. The standard InChI is InChI=1S/C18H15ClFN2O9P/c1-2-9-6-22(17(26)21-15(9)25)16-13(23)14(24)18(20,30-16)8-29-32(27)28-7-10-5-11(19)3-4-12(10)31-32/h1,3-6,13-14,16,23-24H,7-8H2,(H,21,25,26)/t13-,14+,16-,18-,32?/m1/s1. The molecule has 170 valence electrons. The van der Waals surface area contributed by atoms with Gasteiger partial charge in [-0.2, -0.15) is 0 Å². The molecule has 5 atom stereocenters. The third kappa shape index (κ3) is 4.00. The normalized spacial score (nSPS) is 31.5. The molecule has 0 radical (unpaired) electrons. The molecule has 32 heavy (non-hydrogen) atoms. The quantitative estimate of drug-likeness (QED) is 0.420. The van der Waals surface area contributed by atoms with Gasteiger partial charge in [0.05, 0.1) is 6.61 Å². The van der Waals surface area contributed by atoms with Crippen LogP contribution in [-0.2, 0) is 25.0 Å². The van der Waals surface area contributed by atoms with E-state index in [1.165, 1.54) is 18.2 Å². The van der Waals surface area contributed by atoms with Crippen molar-refractivity contribution in [3.05, 3.63) is 61.4 Å². The van der Waals surface area contributed by atoms with Crippen LogP contribution in [0.4, 0.5) is 4.39 Å². The number of phosphoric acid groups is 1. The Hall–Kier alpha value is -2.49. The Labute approximate surface area is 183 Å². The van der Waals surface area contributed by atoms with Gasteiger partial charge in [0.1, 0.15) is 30.1 Å². The highest BCUT2D eigenvalue weighted by Crippen LogP contribution is 2.56. The van der Waals surface area contributed by atoms with Gasteiger partial charge in [-0.3, -0.25) is 23.4 Å². The zero-order valence-electron chi connectivity index (χ0n) is 15.9. The Bertz CT molecular complexity index is 1270. The number of fused-ring (bicyclic) bond motifs is 1. The molecule has 0 amide bonds. The lowest BCUT2D eigenvalue weighted by atomic mass is 10.1. The summed E-state index contributed by atoms with van der Waals surface area (Å²) in [6.45, 7) is -1.40. The van der Waals surface area contributed by atoms with E-state index in [9.17, 15) is 24.4 Å². The Morgan fingerprint density at radius 2 is 2.19 bits per heavy atom. The average molecular weight is 489 g/mol. The number of H-pyrrole nitrogens is 1. The van der Waals surface area contributed by atoms with E-state index >= 15 is 4.39 Å². The first-order valence-electron chi connectivity index (χ1n) is 8.97. The molecule has 2 aliphatic rings. The topological polar surface area (TPSA) is 149 Å². The fraction of sp³-hybridized carbons (Fsp3) is 0.333. The van der Waals surface area contributed by atoms with Gasteiger partial charge in [-0.05, 0) is 18.2 Å². The summed E-state index contributed by atoms with van der Waals surface area (Å²) in [4.78, 5) is 25.6. The molecule has 11 nitrogen and oxygen atoms in total. The number of rotatable bonds is 4. The predicted molar refractivity (Wildman–Crippen MR) is 106 cm³/mol. The van der Waals surface area contributed by atoms with Crippen molar-refractivity contribution in [3.8, 4) is 18.1 Å². The van der Waals surface area contributed by atoms with E-state index in [2.05, 4.69) is 0 Å². The third-order valence-corrected chi connectivity index (χ3v) is 6.35. The molecule has 4 rings (SSSR count). The number of nitrogens with one attached hydrogen (secondary N) is 1. The zero-order chi connectivity index (χ0) is 23.3. The molecule has 1 aromatic carbocycles. The summed E-state index contributed by atoms with van der Waals surface area (Å²) in [7, 11) is -4.32. The van der Waals surface area contributed by atoms with Gasteiger partial charge in [0.25, 0.3) is 11.4 Å². The van der Waals surface area contributed by atoms with E-state index in [1.807, 2.05) is 10.9 Å². The van der Waals surface area contributed by atoms with Crippen molar-refractivity contribution >= 4 is 19.4 Å². The smallest absolute Gasteiger partial charge is 0.404 e. The predicted octanol–water partition coefficient (Wildman–Crippen LogP) is 0.822. The first-order valence-corrected chi connectivity index (χ1v) is 10.8. The monoisotopic (exact) mass is 488 g/mol. The number of nitrogens with zero attached hydrogens (tertiary/aromatic N) is 1. The summed E-state index contributed by atoms with van der Waals surface area (Å²) in [6.07, 6.45) is 0.0438. The highest BCUT2D eigenvalue weighted by atomic mass is 35.5. The van der Waals surface area contributed by atoms with Gasteiger partial charge in [-0.1, -0.05) is 17.5 Å². The minimum atomic E-state index is -4.32. The van der Waals surface area contributed by atoms with Crippen LogP contribution < -0.4 is 15.8 Å². The van der Waals surface area contributed by atoms with Crippen molar-refractivity contribution in [2.24, 2.45) is 0 Å². The Balaban J connectivity index is 1.53. The number of aliphatic hydroxyl groups is 2. The second-order valence-corrected chi connectivity index (χ2v) is 8.95. The third-order valence-electron chi connectivity index (χ3n) is 4.80. The number of aromatic amines is 1. The number of benzene rings is 1. The second kappa shape index (κ2) is 8.13. The van der Waals surface area contributed by atoms with Gasteiger partial charge in [0.2, 0.25) is 0 Å². The Morgan fingerprint density at radius 1 is 1.44 bits per heavy atom. The number of hydrogen-bond acceptors (Lipinski definition) is 9. The SMILES string of the molecule is C#Cc1cn([C@@H]2O[C@](F)(COP3(=O)OCc4cc(Cl)ccc4O3)[C@@H](O)[C@H]2O)c(=O)[nH]c1=O. The fourth-order valence-electron chi connectivity index (χ4n) is 3.14. The van der Waals surface area contributed by atoms with Gasteiger partial charge < -0.3 is 19.5 Å². The van der Waals surface area contributed by atoms with Crippen molar-refractivity contribution in [1.29, 1.82) is 0 Å². The lowest BCUT2D eigenvalue weighted by molar-refractivity contribution is -0.205. The van der Waals surface area contributed by atoms with Gasteiger partial charge >= 0.3 is 13.5 Å². The summed E-state index contributed by atoms with van der Waals surface area (Å²) in [5.41, 5.74) is -1.76. The van der Waals surface area contributed by atoms with Crippen LogP contribution in [0.25, 0.3) is 0 Å². The van der Waals surface area contributed by atoms with E-state index in [0.717, 1.165) is 6.20 Å². The van der Waals surface area contributed by atoms with Gasteiger partial charge in [0, 0.05) is 16.8 Å². The number of hydrogen-bond donors (Lipinski definition) is 3. The largest absolute Gasteiger partial charge is 0.530 e. The van der Waals surface area contributed by atoms with Gasteiger partial charge in [-0.15, -0.1) is 6.42 Å². The molecule has 2 aliphatic heterocycles. The van der Waals surface area contributed by atoms with Crippen molar-refractivity contribution in [2.75, 3.05) is 6.61 Å². The highest BCUT2D eigenvalue weighted by Gasteiger charge is 2.57. The van der Waals surface area contributed by atoms with E-state index in [1.54, 1.807) is 0 Å². The average Bonchev–Trinajstić information content (AvgIpc) is 2.97. The van der Waals surface area contributed by atoms with Crippen molar-refractivity contribution < 1.29 is 37.5 Å². The number of terminal acetylenes is 1. The number of aromatic nitrogens is 2. The van der Waals surface area contributed by atoms with E-state index in [4.69, 9.17) is 36.3 Å². The summed E-state index contributed by atoms with van der Waals surface area (Å²) in [5, 5.41) is 20.8. The molecule has 14 heteroatoms. The molecule has 0 saturated carbocycles. The molecule has 1 saturated heterocycles. The van der Waals surface area contributed by atoms with E-state index < -0.39 is 50.0 Å². The van der Waals surface area contributed by atoms with Crippen LogP contribution in [0.3, 0.4) is 0 Å². The zero-order valence-corrected chi connectivity index (χ0v) is 17.6. The van der Waals surface area contributed by atoms with Crippen LogP contribution in [0, 0.1) is 12.3 Å². The van der Waals surface area contributed by atoms with Crippen molar-refractivity contribution in [2.45, 2.75) is 30.9 Å². The molecule has 1 aromatic heterocycles. The van der Waals surface area contributed by atoms with E-state index in [0.29, 0.717) is 15.2 Å². The molecule has 1 fully saturated rings. The molecule has 0 aliphatic carbocycles. The molecule has 1 unspecified atom stereocenters. The van der Waals surface area contributed by atoms with Crippen LogP contribution in [0.2, 0.25) is 5.02 Å². The lowest BCUT2D eigenvalue weighted by Crippen LogP contribution is -2.43. The van der Waals surface area contributed by atoms with Crippen LogP contribution in [0.5, 0.6) is 5.75 Å². The molecule has 0 bridgehead atoms. The van der Waals surface area contributed by atoms with Crippen molar-refractivity contribution in [1.82, 2.24) is 9.55 Å². The number of aliphatic hydroxyl groups excluding tert-OH is 2. The first-order chi connectivity index (χ1) is 15.0. The maximum absolute atomic E-state index is 15.3. The summed E-state index contributed by atoms with van der Waals surface area (Å²) >= 11 is 5.86. The molecular weight excluding hydrogens is 474 g/mol. The fourth-order valence-corrected chi connectivity index (χ4v) is 4.57. The number of halogens is 2. The Kier molecular flexibility index (Phi) is 5.77. The molecular formula is C18H15ClFN2O9P. The van der Waals surface area contributed by atoms with Crippen LogP contribution in [0.15, 0.2) is 34.0 Å². The van der Waals surface area contributed by atoms with Crippen LogP contribution >= 0.6 is 19.4 Å². The second-order valence-electron chi connectivity index (χ2n) is 6.92. The lowest BCUT2D eigenvalue weighted by Gasteiger charge is -2.28. The van der Waals surface area contributed by atoms with Crippen molar-refractivity contribution in [3.63, 3.8) is 0 Å². The Morgan fingerprint density at radius 3 is 2.91 bits per heavy atom. The minimum Gasteiger partial charge on any atom is -0.404 e.